The highest BCUT2D eigenvalue weighted by molar-refractivity contribution is 6.30. The third kappa shape index (κ3) is 5.15. The summed E-state index contributed by atoms with van der Waals surface area (Å²) in [5, 5.41) is 22.9. The lowest BCUT2D eigenvalue weighted by Gasteiger charge is -2.15. The number of aliphatic hydroxyl groups is 1. The molecular weight excluding hydrogens is 272 g/mol. The third-order valence-corrected chi connectivity index (χ3v) is 2.71. The molecule has 104 valence electrons. The van der Waals surface area contributed by atoms with Gasteiger partial charge in [-0.25, -0.2) is 9.59 Å². The molecule has 0 saturated carbocycles. The molecule has 1 rings (SSSR count). The highest BCUT2D eigenvalue weighted by Gasteiger charge is 2.15. The number of hydrogen-bond acceptors (Lipinski definition) is 3. The van der Waals surface area contributed by atoms with Crippen molar-refractivity contribution in [1.29, 1.82) is 0 Å². The molecular formula is C12H15ClN2O4. The molecule has 0 spiro atoms. The van der Waals surface area contributed by atoms with Crippen LogP contribution in [-0.4, -0.2) is 34.9 Å². The van der Waals surface area contributed by atoms with Crippen LogP contribution in [0.25, 0.3) is 0 Å². The lowest BCUT2D eigenvalue weighted by Crippen LogP contribution is -2.42. The van der Waals surface area contributed by atoms with E-state index in [-0.39, 0.29) is 12.6 Å². The van der Waals surface area contributed by atoms with E-state index in [1.54, 1.807) is 31.2 Å². The maximum absolute atomic E-state index is 11.5. The first kappa shape index (κ1) is 15.3. The van der Waals surface area contributed by atoms with E-state index >= 15 is 0 Å². The molecule has 0 aliphatic heterocycles. The molecule has 0 fully saturated rings. The standard InChI is InChI=1S/C12H15ClN2O4/c1-7(8-2-4-9(13)5-3-8)15-12(19)14-6-10(16)11(17)18/h2-5,7,10,16H,6H2,1H3,(H,17,18)(H2,14,15,19). The van der Waals surface area contributed by atoms with Gasteiger partial charge in [0.1, 0.15) is 0 Å². The van der Waals surface area contributed by atoms with E-state index in [2.05, 4.69) is 10.6 Å². The SMILES string of the molecule is CC(NC(=O)NCC(O)C(=O)O)c1ccc(Cl)cc1. The number of carboxylic acids is 1. The van der Waals surface area contributed by atoms with E-state index in [0.717, 1.165) is 5.56 Å². The number of halogens is 1. The van der Waals surface area contributed by atoms with Crippen LogP contribution in [-0.2, 0) is 4.79 Å². The molecule has 2 atom stereocenters. The lowest BCUT2D eigenvalue weighted by molar-refractivity contribution is -0.146. The fraction of sp³-hybridized carbons (Fsp3) is 0.333. The first-order chi connectivity index (χ1) is 8.90. The molecule has 6 nitrogen and oxygen atoms in total. The minimum Gasteiger partial charge on any atom is -0.479 e. The number of carbonyl (C=O) groups is 2. The van der Waals surface area contributed by atoms with Gasteiger partial charge in [0.05, 0.1) is 12.6 Å². The van der Waals surface area contributed by atoms with Crippen LogP contribution >= 0.6 is 11.6 Å². The smallest absolute Gasteiger partial charge is 0.334 e. The largest absolute Gasteiger partial charge is 0.479 e. The zero-order valence-electron chi connectivity index (χ0n) is 10.3. The van der Waals surface area contributed by atoms with Crippen molar-refractivity contribution < 1.29 is 19.8 Å². The summed E-state index contributed by atoms with van der Waals surface area (Å²) in [6.07, 6.45) is -1.61. The van der Waals surface area contributed by atoms with Crippen molar-refractivity contribution in [1.82, 2.24) is 10.6 Å². The molecule has 0 bridgehead atoms. The Kier molecular flexibility index (Phi) is 5.59. The maximum Gasteiger partial charge on any atom is 0.334 e. The highest BCUT2D eigenvalue weighted by Crippen LogP contribution is 2.15. The first-order valence-electron chi connectivity index (χ1n) is 5.61. The van der Waals surface area contributed by atoms with E-state index in [9.17, 15) is 9.59 Å². The van der Waals surface area contributed by atoms with Gasteiger partial charge in [-0.15, -0.1) is 0 Å². The molecule has 19 heavy (non-hydrogen) atoms. The predicted octanol–water partition coefficient (Wildman–Crippen LogP) is 1.15. The molecule has 0 radical (unpaired) electrons. The van der Waals surface area contributed by atoms with Crippen LogP contribution < -0.4 is 10.6 Å². The van der Waals surface area contributed by atoms with Crippen LogP contribution in [0.3, 0.4) is 0 Å². The number of amides is 2. The zero-order valence-corrected chi connectivity index (χ0v) is 11.0. The number of carboxylic acid groups (broad SMARTS) is 1. The van der Waals surface area contributed by atoms with Gasteiger partial charge >= 0.3 is 12.0 Å². The number of carbonyl (C=O) groups excluding carboxylic acids is 1. The van der Waals surface area contributed by atoms with Gasteiger partial charge in [0.25, 0.3) is 0 Å². The Hall–Kier alpha value is -1.79. The number of aliphatic hydroxyl groups excluding tert-OH is 1. The van der Waals surface area contributed by atoms with Crippen molar-refractivity contribution in [2.45, 2.75) is 19.1 Å². The first-order valence-corrected chi connectivity index (χ1v) is 5.98. The van der Waals surface area contributed by atoms with E-state index in [0.29, 0.717) is 5.02 Å². The van der Waals surface area contributed by atoms with Crippen LogP contribution in [0.1, 0.15) is 18.5 Å². The molecule has 0 heterocycles. The Bertz CT molecular complexity index is 450. The Labute approximate surface area is 115 Å². The quantitative estimate of drug-likeness (QED) is 0.652. The molecule has 0 aliphatic carbocycles. The maximum atomic E-state index is 11.5. The van der Waals surface area contributed by atoms with Crippen molar-refractivity contribution in [2.24, 2.45) is 0 Å². The summed E-state index contributed by atoms with van der Waals surface area (Å²) in [6.45, 7) is 1.42. The predicted molar refractivity (Wildman–Crippen MR) is 70.0 cm³/mol. The number of nitrogens with one attached hydrogen (secondary N) is 2. The van der Waals surface area contributed by atoms with Gasteiger partial charge in [-0.05, 0) is 24.6 Å². The van der Waals surface area contributed by atoms with Gasteiger partial charge in [0.15, 0.2) is 6.10 Å². The van der Waals surface area contributed by atoms with Crippen LogP contribution in [0.15, 0.2) is 24.3 Å². The number of aliphatic carboxylic acids is 1. The Morgan fingerprint density at radius 2 is 1.89 bits per heavy atom. The summed E-state index contributed by atoms with van der Waals surface area (Å²) < 4.78 is 0. The second-order valence-electron chi connectivity index (χ2n) is 3.98. The highest BCUT2D eigenvalue weighted by atomic mass is 35.5. The summed E-state index contributed by atoms with van der Waals surface area (Å²) in [6, 6.07) is 6.16. The van der Waals surface area contributed by atoms with Gasteiger partial charge in [0, 0.05) is 5.02 Å². The van der Waals surface area contributed by atoms with E-state index in [4.69, 9.17) is 21.8 Å². The van der Waals surface area contributed by atoms with Gasteiger partial charge in [-0.3, -0.25) is 0 Å². The van der Waals surface area contributed by atoms with E-state index < -0.39 is 18.1 Å². The fourth-order valence-corrected chi connectivity index (χ4v) is 1.49. The molecule has 1 aromatic carbocycles. The molecule has 2 amide bonds. The van der Waals surface area contributed by atoms with Crippen LogP contribution in [0.5, 0.6) is 0 Å². The molecule has 0 saturated heterocycles. The number of benzene rings is 1. The van der Waals surface area contributed by atoms with Gasteiger partial charge in [-0.1, -0.05) is 23.7 Å². The Balaban J connectivity index is 2.44. The van der Waals surface area contributed by atoms with Crippen molar-refractivity contribution in [3.8, 4) is 0 Å². The topological polar surface area (TPSA) is 98.7 Å². The minimum atomic E-state index is -1.61. The van der Waals surface area contributed by atoms with Crippen molar-refractivity contribution >= 4 is 23.6 Å². The molecule has 7 heteroatoms. The molecule has 4 N–H and O–H groups in total. The summed E-state index contributed by atoms with van der Waals surface area (Å²) in [4.78, 5) is 21.8. The normalized spacial score (nSPS) is 13.4. The van der Waals surface area contributed by atoms with Gasteiger partial charge in [-0.2, -0.15) is 0 Å². The minimum absolute atomic E-state index is 0.265. The number of rotatable bonds is 5. The average molecular weight is 287 g/mol. The lowest BCUT2D eigenvalue weighted by atomic mass is 10.1. The Morgan fingerprint density at radius 3 is 2.42 bits per heavy atom. The van der Waals surface area contributed by atoms with Gasteiger partial charge < -0.3 is 20.8 Å². The number of hydrogen-bond donors (Lipinski definition) is 4. The molecule has 0 aromatic heterocycles. The number of urea groups is 1. The van der Waals surface area contributed by atoms with Gasteiger partial charge in [0.2, 0.25) is 0 Å². The second kappa shape index (κ2) is 6.96. The Morgan fingerprint density at radius 1 is 1.32 bits per heavy atom. The third-order valence-electron chi connectivity index (χ3n) is 2.46. The van der Waals surface area contributed by atoms with Crippen molar-refractivity contribution in [2.75, 3.05) is 6.54 Å². The van der Waals surface area contributed by atoms with E-state index in [1.807, 2.05) is 0 Å². The fourth-order valence-electron chi connectivity index (χ4n) is 1.36. The molecule has 0 aliphatic rings. The summed E-state index contributed by atoms with van der Waals surface area (Å²) in [7, 11) is 0. The average Bonchev–Trinajstić information content (AvgIpc) is 2.36. The van der Waals surface area contributed by atoms with Crippen LogP contribution in [0.4, 0.5) is 4.79 Å². The second-order valence-corrected chi connectivity index (χ2v) is 4.42. The monoisotopic (exact) mass is 286 g/mol. The molecule has 2 unspecified atom stereocenters. The van der Waals surface area contributed by atoms with Crippen molar-refractivity contribution in [3.63, 3.8) is 0 Å². The van der Waals surface area contributed by atoms with Crippen LogP contribution in [0.2, 0.25) is 5.02 Å². The molecule has 1 aromatic rings. The van der Waals surface area contributed by atoms with E-state index in [1.165, 1.54) is 0 Å². The summed E-state index contributed by atoms with van der Waals surface area (Å²) >= 11 is 5.75. The zero-order chi connectivity index (χ0) is 14.4. The summed E-state index contributed by atoms with van der Waals surface area (Å²) in [5.41, 5.74) is 0.860. The van der Waals surface area contributed by atoms with Crippen LogP contribution in [0, 0.1) is 0 Å². The van der Waals surface area contributed by atoms with Crippen molar-refractivity contribution in [3.05, 3.63) is 34.9 Å². The summed E-state index contributed by atoms with van der Waals surface area (Å²) in [5.74, 6) is -1.38.